The Balaban J connectivity index is 2.32. The van der Waals surface area contributed by atoms with E-state index >= 15 is 0 Å². The van der Waals surface area contributed by atoms with E-state index in [1.54, 1.807) is 0 Å². The molecule has 2 N–H and O–H groups in total. The minimum Gasteiger partial charge on any atom is -0.356 e. The van der Waals surface area contributed by atoms with Crippen molar-refractivity contribution in [1.29, 1.82) is 0 Å². The van der Waals surface area contributed by atoms with Crippen molar-refractivity contribution in [2.24, 2.45) is 5.40 Å². The average molecular weight is 91.3 g/mol. The second-order valence-corrected chi connectivity index (χ2v) is 9.20. The van der Waals surface area contributed by atoms with Crippen LogP contribution in [-0.2, 0) is 0 Å². The fourth-order valence-corrected chi connectivity index (χ4v) is 0. The summed E-state index contributed by atoms with van der Waals surface area (Å²) in [7, 11) is 0.765. The molecule has 0 aromatic carbocycles. The molecule has 0 rings (SSSR count). The van der Waals surface area contributed by atoms with Crippen LogP contribution in [0, 0.1) is 0 Å². The molecule has 1 atom stereocenters. The minimum absolute atomic E-state index is 0.500. The number of hydrogen-bond donors (Lipinski definition) is 1. The van der Waals surface area contributed by atoms with E-state index in [0.29, 0.717) is 0 Å². The molecule has 1 unspecified atom stereocenters. The monoisotopic (exact) mass is 91.0 g/mol. The summed E-state index contributed by atoms with van der Waals surface area (Å²) in [6.07, 6.45) is 0. The Morgan fingerprint density at radius 1 is 2.00 bits per heavy atom. The molecule has 0 spiro atoms. The molecule has 0 radical (unpaired) electrons. The van der Waals surface area contributed by atoms with Gasteiger partial charge in [0.05, 0.1) is 8.48 Å². The fourth-order valence-electron chi connectivity index (χ4n) is 0. The van der Waals surface area contributed by atoms with Crippen LogP contribution in [0.1, 0.15) is 0 Å². The van der Waals surface area contributed by atoms with Gasteiger partial charge in [-0.2, -0.15) is 0 Å². The van der Waals surface area contributed by atoms with E-state index in [1.165, 1.54) is 9.76 Å². The Labute approximate surface area is 31.1 Å². The van der Waals surface area contributed by atoms with Crippen molar-refractivity contribution in [3.63, 3.8) is 0 Å². The zero-order chi connectivity index (χ0) is 3.58. The lowest BCUT2D eigenvalue weighted by atomic mass is 11.9. The highest BCUT2D eigenvalue weighted by molar-refractivity contribution is 7.00. The zero-order valence-corrected chi connectivity index (χ0v) is 6.31. The molecule has 0 aliphatic heterocycles. The van der Waals surface area contributed by atoms with Crippen LogP contribution in [0.25, 0.3) is 0 Å². The molecule has 0 aliphatic rings. The van der Waals surface area contributed by atoms with Crippen LogP contribution < -0.4 is 5.40 Å². The number of hydrogen-bond acceptors (Lipinski definition) is 1. The molecule has 0 fully saturated rings. The van der Waals surface area contributed by atoms with Gasteiger partial charge in [0.25, 0.3) is 0 Å². The van der Waals surface area contributed by atoms with Gasteiger partial charge in [-0.1, -0.05) is 6.55 Å². The number of rotatable bonds is 0. The molecule has 4 heavy (non-hydrogen) atoms. The van der Waals surface area contributed by atoms with Gasteiger partial charge in [0.15, 0.2) is 0 Å². The lowest BCUT2D eigenvalue weighted by Gasteiger charge is -1.77. The average Bonchev–Trinajstić information content (AvgIpc) is 0.811. The van der Waals surface area contributed by atoms with Crippen LogP contribution in [-0.4, -0.2) is 18.2 Å². The summed E-state index contributed by atoms with van der Waals surface area (Å²) in [5, 5.41) is 5.31. The molecule has 0 aliphatic carbocycles. The van der Waals surface area contributed by atoms with E-state index < -0.39 is 8.48 Å². The molecule has 1 nitrogen and oxygen atoms in total. The third-order valence-corrected chi connectivity index (χ3v) is 0. The largest absolute Gasteiger partial charge is 0.356 e. The summed E-state index contributed by atoms with van der Waals surface area (Å²) < 4.78 is 0. The second kappa shape index (κ2) is 1.69. The summed E-state index contributed by atoms with van der Waals surface area (Å²) in [5.74, 6) is 0. The predicted molar refractivity (Wildman–Crippen MR) is 27.1 cm³/mol. The SMILES string of the molecule is C[SiH](N)[SiH3]. The van der Waals surface area contributed by atoms with Crippen LogP contribution >= 0.6 is 0 Å². The maximum Gasteiger partial charge on any atom is 0.0819 e. The van der Waals surface area contributed by atoms with Crippen LogP contribution in [0.3, 0.4) is 0 Å². The molecule has 0 saturated heterocycles. The van der Waals surface area contributed by atoms with E-state index in [-0.39, 0.29) is 0 Å². The first kappa shape index (κ1) is 4.39. The summed E-state index contributed by atoms with van der Waals surface area (Å²) in [6, 6.07) is 0. The van der Waals surface area contributed by atoms with Gasteiger partial charge in [-0.3, -0.25) is 0 Å². The van der Waals surface area contributed by atoms with Crippen LogP contribution in [0.4, 0.5) is 0 Å². The summed E-state index contributed by atoms with van der Waals surface area (Å²) in [6.45, 7) is 2.15. The maximum atomic E-state index is 5.31. The third-order valence-electron chi connectivity index (χ3n) is 0. The van der Waals surface area contributed by atoms with Crippen molar-refractivity contribution in [2.45, 2.75) is 6.55 Å². The van der Waals surface area contributed by atoms with E-state index in [0.717, 1.165) is 0 Å². The van der Waals surface area contributed by atoms with Crippen molar-refractivity contribution in [2.75, 3.05) is 0 Å². The van der Waals surface area contributed by atoms with Gasteiger partial charge < -0.3 is 5.40 Å². The van der Waals surface area contributed by atoms with Gasteiger partial charge in [0, 0.05) is 9.76 Å². The summed E-state index contributed by atoms with van der Waals surface area (Å²) in [4.78, 5) is 0. The van der Waals surface area contributed by atoms with Crippen molar-refractivity contribution in [3.05, 3.63) is 0 Å². The normalized spacial score (nSPS) is 16.5. The molecular formula is CH9NSi2. The minimum atomic E-state index is -0.500. The van der Waals surface area contributed by atoms with Gasteiger partial charge in [-0.05, 0) is 0 Å². The van der Waals surface area contributed by atoms with Crippen molar-refractivity contribution < 1.29 is 0 Å². The highest BCUT2D eigenvalue weighted by atomic mass is 29.2. The molecule has 0 saturated carbocycles. The zero-order valence-electron chi connectivity index (χ0n) is 3.15. The van der Waals surface area contributed by atoms with Crippen molar-refractivity contribution in [1.82, 2.24) is 0 Å². The van der Waals surface area contributed by atoms with Crippen molar-refractivity contribution >= 4 is 18.2 Å². The van der Waals surface area contributed by atoms with E-state index in [9.17, 15) is 0 Å². The van der Waals surface area contributed by atoms with Crippen molar-refractivity contribution in [3.8, 4) is 0 Å². The Morgan fingerprint density at radius 3 is 2.00 bits per heavy atom. The lowest BCUT2D eigenvalue weighted by Crippen LogP contribution is -2.20. The number of nitrogens with two attached hydrogens (primary N) is 1. The Hall–Kier alpha value is 0.394. The van der Waals surface area contributed by atoms with E-state index in [1.807, 2.05) is 0 Å². The molecule has 0 aromatic rings. The quantitative estimate of drug-likeness (QED) is 0.348. The molecule has 0 aromatic heterocycles. The topological polar surface area (TPSA) is 26.0 Å². The highest BCUT2D eigenvalue weighted by Crippen LogP contribution is 1.42. The molecule has 0 amide bonds. The van der Waals surface area contributed by atoms with Crippen LogP contribution in [0.15, 0.2) is 0 Å². The first-order chi connectivity index (χ1) is 1.73. The highest BCUT2D eigenvalue weighted by Gasteiger charge is 1.72. The maximum absolute atomic E-state index is 5.31. The molecule has 0 bridgehead atoms. The Morgan fingerprint density at radius 2 is 2.00 bits per heavy atom. The summed E-state index contributed by atoms with van der Waals surface area (Å²) in [5.41, 5.74) is 0. The van der Waals surface area contributed by atoms with Gasteiger partial charge in [-0.15, -0.1) is 0 Å². The van der Waals surface area contributed by atoms with Gasteiger partial charge >= 0.3 is 0 Å². The van der Waals surface area contributed by atoms with Crippen LogP contribution in [0.5, 0.6) is 0 Å². The lowest BCUT2D eigenvalue weighted by molar-refractivity contribution is 1.85. The molecule has 3 heteroatoms. The smallest absolute Gasteiger partial charge is 0.0819 e. The third kappa shape index (κ3) is 30.0. The molecule has 26 valence electrons. The summed E-state index contributed by atoms with van der Waals surface area (Å²) >= 11 is 0. The second-order valence-electron chi connectivity index (χ2n) is 1.24. The van der Waals surface area contributed by atoms with Gasteiger partial charge in [0.2, 0.25) is 0 Å². The van der Waals surface area contributed by atoms with Gasteiger partial charge in [0.1, 0.15) is 0 Å². The Kier molecular flexibility index (Phi) is 1.85. The van der Waals surface area contributed by atoms with E-state index in [4.69, 9.17) is 5.40 Å². The Bertz CT molecular complexity index is 10.8. The van der Waals surface area contributed by atoms with E-state index in [2.05, 4.69) is 6.55 Å². The van der Waals surface area contributed by atoms with Gasteiger partial charge in [-0.25, -0.2) is 0 Å². The first-order valence-electron chi connectivity index (χ1n) is 1.49. The fraction of sp³-hybridized carbons (Fsp3) is 1.00. The molecule has 0 heterocycles. The van der Waals surface area contributed by atoms with Crippen LogP contribution in [0.2, 0.25) is 6.55 Å². The standard InChI is InChI=1S/CH9NSi2/c1-4(2)3/h4H,2H2,1,3H3. The molecular weight excluding hydrogens is 82.2 g/mol. The predicted octanol–water partition coefficient (Wildman–Crippen LogP) is -1.84. The first-order valence-corrected chi connectivity index (χ1v) is 7.93.